The van der Waals surface area contributed by atoms with Crippen LogP contribution in [0.1, 0.15) is 31.2 Å². The Morgan fingerprint density at radius 2 is 2.05 bits per heavy atom. The first-order chi connectivity index (χ1) is 9.97. The Morgan fingerprint density at radius 1 is 1.29 bits per heavy atom. The summed E-state index contributed by atoms with van der Waals surface area (Å²) in [6, 6.07) is 3.32. The molecule has 1 amide bonds. The smallest absolute Gasteiger partial charge is 0.305 e. The lowest BCUT2D eigenvalue weighted by atomic mass is 10.1. The molecule has 1 N–H and O–H groups in total. The fourth-order valence-corrected chi connectivity index (χ4v) is 2.67. The van der Waals surface area contributed by atoms with Crippen LogP contribution >= 0.6 is 0 Å². The van der Waals surface area contributed by atoms with Gasteiger partial charge in [0.1, 0.15) is 0 Å². The number of hydrogen-bond acceptors (Lipinski definition) is 2. The second-order valence-corrected chi connectivity index (χ2v) is 5.23. The minimum absolute atomic E-state index is 0.0447. The van der Waals surface area contributed by atoms with Crippen LogP contribution in [-0.4, -0.2) is 34.5 Å². The van der Waals surface area contributed by atoms with Crippen LogP contribution in [0.15, 0.2) is 18.2 Å². The molecular formula is C15H17F2NO3. The summed E-state index contributed by atoms with van der Waals surface area (Å²) in [6.45, 7) is 0.564. The Kier molecular flexibility index (Phi) is 4.88. The third kappa shape index (κ3) is 4.00. The van der Waals surface area contributed by atoms with E-state index in [0.717, 1.165) is 18.6 Å². The van der Waals surface area contributed by atoms with Gasteiger partial charge in [0.25, 0.3) is 0 Å². The van der Waals surface area contributed by atoms with Crippen molar-refractivity contribution >= 4 is 11.9 Å². The maximum atomic E-state index is 13.1. The molecule has 21 heavy (non-hydrogen) atoms. The number of aryl methyl sites for hydroxylation is 1. The second-order valence-electron chi connectivity index (χ2n) is 5.23. The summed E-state index contributed by atoms with van der Waals surface area (Å²) in [4.78, 5) is 24.5. The van der Waals surface area contributed by atoms with Crippen molar-refractivity contribution in [3.8, 4) is 0 Å². The van der Waals surface area contributed by atoms with Crippen molar-refractivity contribution in [1.29, 1.82) is 0 Å². The van der Waals surface area contributed by atoms with Gasteiger partial charge in [0, 0.05) is 19.0 Å². The van der Waals surface area contributed by atoms with Crippen molar-refractivity contribution in [2.24, 2.45) is 0 Å². The number of likely N-dealkylation sites (tertiary alicyclic amines) is 1. The second kappa shape index (κ2) is 6.65. The number of carboxylic acids is 1. The molecule has 114 valence electrons. The van der Waals surface area contributed by atoms with Gasteiger partial charge in [0.2, 0.25) is 5.91 Å². The van der Waals surface area contributed by atoms with E-state index in [0.29, 0.717) is 24.9 Å². The fourth-order valence-electron chi connectivity index (χ4n) is 2.67. The number of carbonyl (C=O) groups excluding carboxylic acids is 1. The van der Waals surface area contributed by atoms with Gasteiger partial charge in [-0.1, -0.05) is 6.07 Å². The van der Waals surface area contributed by atoms with Crippen LogP contribution in [0, 0.1) is 11.6 Å². The lowest BCUT2D eigenvalue weighted by Gasteiger charge is -2.23. The molecule has 1 unspecified atom stereocenters. The van der Waals surface area contributed by atoms with Crippen LogP contribution in [-0.2, 0) is 16.0 Å². The minimum Gasteiger partial charge on any atom is -0.481 e. The van der Waals surface area contributed by atoms with Crippen LogP contribution in [0.25, 0.3) is 0 Å². The Balaban J connectivity index is 1.91. The average Bonchev–Trinajstić information content (AvgIpc) is 2.87. The summed E-state index contributed by atoms with van der Waals surface area (Å²) in [5, 5.41) is 8.82. The molecule has 0 radical (unpaired) electrons. The molecule has 0 aliphatic carbocycles. The summed E-state index contributed by atoms with van der Waals surface area (Å²) in [6.07, 6.45) is 1.93. The van der Waals surface area contributed by atoms with E-state index in [9.17, 15) is 18.4 Å². The lowest BCUT2D eigenvalue weighted by molar-refractivity contribution is -0.139. The third-order valence-electron chi connectivity index (χ3n) is 3.72. The van der Waals surface area contributed by atoms with Gasteiger partial charge in [0.15, 0.2) is 11.6 Å². The SMILES string of the molecule is O=C(O)CC1CCCN1C(=O)CCc1ccc(F)c(F)c1. The molecule has 6 heteroatoms. The number of aliphatic carboxylic acids is 1. The highest BCUT2D eigenvalue weighted by molar-refractivity contribution is 5.78. The first kappa shape index (κ1) is 15.4. The van der Waals surface area contributed by atoms with Crippen LogP contribution < -0.4 is 0 Å². The van der Waals surface area contributed by atoms with Gasteiger partial charge in [0.05, 0.1) is 6.42 Å². The van der Waals surface area contributed by atoms with Gasteiger partial charge in [-0.05, 0) is 37.0 Å². The number of hydrogen-bond donors (Lipinski definition) is 1. The largest absolute Gasteiger partial charge is 0.481 e. The topological polar surface area (TPSA) is 57.6 Å². The standard InChI is InChI=1S/C15H17F2NO3/c16-12-5-3-10(8-13(12)17)4-6-14(19)18-7-1-2-11(18)9-15(20)21/h3,5,8,11H,1-2,4,6-7,9H2,(H,20,21). The van der Waals surface area contributed by atoms with Gasteiger partial charge in [-0.3, -0.25) is 9.59 Å². The van der Waals surface area contributed by atoms with Gasteiger partial charge >= 0.3 is 5.97 Å². The van der Waals surface area contributed by atoms with E-state index in [1.807, 2.05) is 0 Å². The maximum Gasteiger partial charge on any atom is 0.305 e. The molecule has 2 rings (SSSR count). The summed E-state index contributed by atoms with van der Waals surface area (Å²) in [5.74, 6) is -2.89. The molecule has 1 atom stereocenters. The number of nitrogens with zero attached hydrogens (tertiary/aromatic N) is 1. The Hall–Kier alpha value is -1.98. The van der Waals surface area contributed by atoms with Crippen molar-refractivity contribution in [2.75, 3.05) is 6.54 Å². The van der Waals surface area contributed by atoms with E-state index in [2.05, 4.69) is 0 Å². The maximum absolute atomic E-state index is 13.1. The van der Waals surface area contributed by atoms with Crippen LogP contribution in [0.2, 0.25) is 0 Å². The highest BCUT2D eigenvalue weighted by Gasteiger charge is 2.29. The van der Waals surface area contributed by atoms with Crippen LogP contribution in [0.5, 0.6) is 0 Å². The van der Waals surface area contributed by atoms with Gasteiger partial charge in [-0.15, -0.1) is 0 Å². The minimum atomic E-state index is -0.926. The third-order valence-corrected chi connectivity index (χ3v) is 3.72. The molecule has 0 saturated carbocycles. The molecule has 1 heterocycles. The number of carboxylic acid groups (broad SMARTS) is 1. The first-order valence-corrected chi connectivity index (χ1v) is 6.92. The van der Waals surface area contributed by atoms with E-state index in [1.165, 1.54) is 6.07 Å². The van der Waals surface area contributed by atoms with E-state index in [1.54, 1.807) is 4.90 Å². The van der Waals surface area contributed by atoms with Crippen molar-refractivity contribution in [3.05, 3.63) is 35.4 Å². The monoisotopic (exact) mass is 297 g/mol. The summed E-state index contributed by atoms with van der Waals surface area (Å²) in [7, 11) is 0. The Labute approximate surface area is 121 Å². The molecular weight excluding hydrogens is 280 g/mol. The molecule has 0 aromatic heterocycles. The number of rotatable bonds is 5. The number of carbonyl (C=O) groups is 2. The first-order valence-electron chi connectivity index (χ1n) is 6.92. The molecule has 1 aliphatic heterocycles. The molecule has 1 aliphatic rings. The molecule has 4 nitrogen and oxygen atoms in total. The quantitative estimate of drug-likeness (QED) is 0.907. The summed E-state index contributed by atoms with van der Waals surface area (Å²) in [5.41, 5.74) is 0.552. The number of halogens is 2. The van der Waals surface area contributed by atoms with Crippen LogP contribution in [0.3, 0.4) is 0 Å². The van der Waals surface area contributed by atoms with Crippen molar-refractivity contribution in [3.63, 3.8) is 0 Å². The van der Waals surface area contributed by atoms with Crippen molar-refractivity contribution < 1.29 is 23.5 Å². The highest BCUT2D eigenvalue weighted by Crippen LogP contribution is 2.21. The Morgan fingerprint density at radius 3 is 2.71 bits per heavy atom. The normalized spacial score (nSPS) is 18.0. The summed E-state index contributed by atoms with van der Waals surface area (Å²) < 4.78 is 25.9. The molecule has 1 fully saturated rings. The fraction of sp³-hybridized carbons (Fsp3) is 0.467. The molecule has 0 bridgehead atoms. The predicted octanol–water partition coefficient (Wildman–Crippen LogP) is 2.36. The van der Waals surface area contributed by atoms with E-state index in [-0.39, 0.29) is 24.8 Å². The number of benzene rings is 1. The number of amides is 1. The zero-order chi connectivity index (χ0) is 15.4. The van der Waals surface area contributed by atoms with Crippen LogP contribution in [0.4, 0.5) is 8.78 Å². The van der Waals surface area contributed by atoms with Gasteiger partial charge < -0.3 is 10.0 Å². The van der Waals surface area contributed by atoms with E-state index in [4.69, 9.17) is 5.11 Å². The lowest BCUT2D eigenvalue weighted by Crippen LogP contribution is -2.36. The molecule has 1 saturated heterocycles. The molecule has 1 aromatic rings. The van der Waals surface area contributed by atoms with Crippen molar-refractivity contribution in [2.45, 2.75) is 38.1 Å². The van der Waals surface area contributed by atoms with Crippen molar-refractivity contribution in [1.82, 2.24) is 4.90 Å². The summed E-state index contributed by atoms with van der Waals surface area (Å²) >= 11 is 0. The van der Waals surface area contributed by atoms with Gasteiger partial charge in [-0.2, -0.15) is 0 Å². The zero-order valence-electron chi connectivity index (χ0n) is 11.5. The molecule has 0 spiro atoms. The van der Waals surface area contributed by atoms with Gasteiger partial charge in [-0.25, -0.2) is 8.78 Å². The molecule has 1 aromatic carbocycles. The zero-order valence-corrected chi connectivity index (χ0v) is 11.5. The highest BCUT2D eigenvalue weighted by atomic mass is 19.2. The Bertz CT molecular complexity index is 548. The predicted molar refractivity (Wildman–Crippen MR) is 71.7 cm³/mol. The van der Waals surface area contributed by atoms with E-state index < -0.39 is 17.6 Å². The van der Waals surface area contributed by atoms with E-state index >= 15 is 0 Å². The average molecular weight is 297 g/mol.